The maximum Gasteiger partial charge on any atom is 0.327 e. The lowest BCUT2D eigenvalue weighted by molar-refractivity contribution is -0.138. The molecule has 0 saturated heterocycles. The second-order valence-electron chi connectivity index (χ2n) is 2.54. The number of hydrogen-bond donors (Lipinski definition) is 2. The number of rotatable bonds is 5. The van der Waals surface area contributed by atoms with E-state index in [4.69, 9.17) is 5.11 Å². The van der Waals surface area contributed by atoms with Crippen molar-refractivity contribution in [3.63, 3.8) is 0 Å². The van der Waals surface area contributed by atoms with E-state index in [2.05, 4.69) is 20.7 Å². The minimum absolute atomic E-state index is 0.284. The third-order valence-electron chi connectivity index (χ3n) is 1.45. The van der Waals surface area contributed by atoms with Gasteiger partial charge in [-0.1, -0.05) is 0 Å². The predicted molar refractivity (Wildman–Crippen MR) is 56.0 cm³/mol. The zero-order valence-electron chi connectivity index (χ0n) is 8.34. The fourth-order valence-corrected chi connectivity index (χ4v) is 1.38. The number of nitrogens with one attached hydrogen (secondary N) is 1. The summed E-state index contributed by atoms with van der Waals surface area (Å²) in [5, 5.41) is 22.7. The van der Waals surface area contributed by atoms with E-state index in [1.807, 2.05) is 6.26 Å². The molecule has 1 rings (SSSR count). The quantitative estimate of drug-likeness (QED) is 0.712. The second kappa shape index (κ2) is 5.35. The van der Waals surface area contributed by atoms with E-state index >= 15 is 0 Å². The van der Waals surface area contributed by atoms with Crippen LogP contribution in [0.5, 0.6) is 0 Å². The van der Waals surface area contributed by atoms with Gasteiger partial charge in [0.15, 0.2) is 6.54 Å². The first-order valence-corrected chi connectivity index (χ1v) is 5.31. The van der Waals surface area contributed by atoms with Crippen LogP contribution in [0.2, 0.25) is 0 Å². The van der Waals surface area contributed by atoms with Crippen LogP contribution in [0.3, 0.4) is 0 Å². The van der Waals surface area contributed by atoms with Crippen LogP contribution in [0, 0.1) is 0 Å². The van der Waals surface area contributed by atoms with Crippen LogP contribution < -0.4 is 5.32 Å². The van der Waals surface area contributed by atoms with Gasteiger partial charge in [-0.25, -0.2) is 0 Å². The molecular weight excluding hydrogens is 218 g/mol. The molecule has 15 heavy (non-hydrogen) atoms. The molecule has 0 amide bonds. The number of carboxylic acid groups (broad SMARTS) is 1. The lowest BCUT2D eigenvalue weighted by Gasteiger charge is -1.96. The van der Waals surface area contributed by atoms with Crippen molar-refractivity contribution in [3.05, 3.63) is 12.0 Å². The summed E-state index contributed by atoms with van der Waals surface area (Å²) in [6, 6.07) is 0. The molecule has 0 aliphatic rings. The van der Waals surface area contributed by atoms with Crippen LogP contribution in [0.25, 0.3) is 4.91 Å². The number of tetrazole rings is 1. The average Bonchev–Trinajstić information content (AvgIpc) is 2.61. The molecule has 0 aromatic carbocycles. The largest absolute Gasteiger partial charge is 0.480 e. The number of nitrogens with zero attached hydrogens (tertiary/aromatic N) is 4. The third kappa shape index (κ3) is 3.24. The van der Waals surface area contributed by atoms with Gasteiger partial charge in [-0.2, -0.15) is 4.80 Å². The van der Waals surface area contributed by atoms with Crippen molar-refractivity contribution >= 4 is 22.6 Å². The number of hydrogen-bond acceptors (Lipinski definition) is 6. The monoisotopic (exact) mass is 229 g/mol. The highest BCUT2D eigenvalue weighted by molar-refractivity contribution is 8.07. The van der Waals surface area contributed by atoms with Crippen LogP contribution in [-0.2, 0) is 11.3 Å². The summed E-state index contributed by atoms with van der Waals surface area (Å²) >= 11 is 1.45. The Morgan fingerprint density at radius 2 is 2.47 bits per heavy atom. The Morgan fingerprint density at radius 3 is 3.00 bits per heavy atom. The van der Waals surface area contributed by atoms with Crippen molar-refractivity contribution in [2.75, 3.05) is 13.3 Å². The average molecular weight is 229 g/mol. The maximum atomic E-state index is 10.4. The Kier molecular flexibility index (Phi) is 4.10. The van der Waals surface area contributed by atoms with Crippen molar-refractivity contribution in [1.29, 1.82) is 0 Å². The molecule has 0 fully saturated rings. The van der Waals surface area contributed by atoms with Crippen LogP contribution in [0.4, 0.5) is 0 Å². The first-order chi connectivity index (χ1) is 7.17. The molecule has 0 aliphatic carbocycles. The highest BCUT2D eigenvalue weighted by Gasteiger charge is 2.09. The summed E-state index contributed by atoms with van der Waals surface area (Å²) in [7, 11) is 1.76. The van der Waals surface area contributed by atoms with E-state index in [-0.39, 0.29) is 6.54 Å². The molecule has 7 nitrogen and oxygen atoms in total. The van der Waals surface area contributed by atoms with E-state index in [1.54, 1.807) is 13.2 Å². The summed E-state index contributed by atoms with van der Waals surface area (Å²) in [6.45, 7) is -0.284. The lowest BCUT2D eigenvalue weighted by Crippen LogP contribution is -2.11. The number of aliphatic carboxylic acids is 1. The maximum absolute atomic E-state index is 10.4. The Balaban J connectivity index is 2.82. The third-order valence-corrected chi connectivity index (χ3v) is 2.19. The molecule has 8 heteroatoms. The van der Waals surface area contributed by atoms with Gasteiger partial charge in [0, 0.05) is 13.2 Å². The molecule has 2 N–H and O–H groups in total. The molecular formula is C7H11N5O2S. The van der Waals surface area contributed by atoms with Crippen molar-refractivity contribution in [2.24, 2.45) is 0 Å². The lowest BCUT2D eigenvalue weighted by atomic mass is 10.6. The summed E-state index contributed by atoms with van der Waals surface area (Å²) in [5.74, 6) is -0.583. The topological polar surface area (TPSA) is 92.9 Å². The van der Waals surface area contributed by atoms with Gasteiger partial charge in [0.2, 0.25) is 5.82 Å². The van der Waals surface area contributed by atoms with Crippen LogP contribution in [0.15, 0.2) is 6.20 Å². The van der Waals surface area contributed by atoms with Gasteiger partial charge in [-0.15, -0.1) is 22.0 Å². The zero-order chi connectivity index (χ0) is 11.3. The van der Waals surface area contributed by atoms with E-state index in [1.165, 1.54) is 11.8 Å². The second-order valence-corrected chi connectivity index (χ2v) is 3.39. The van der Waals surface area contributed by atoms with E-state index < -0.39 is 5.97 Å². The Morgan fingerprint density at radius 1 is 1.73 bits per heavy atom. The molecule has 1 heterocycles. The predicted octanol–water partition coefficient (Wildman–Crippen LogP) is -0.362. The standard InChI is InChI=1S/C7H11N5O2S/c1-8-3-5(15-2)7-9-11-12(10-7)4-6(13)14/h3,8H,4H2,1-2H3,(H,13,14)/b5-3-. The van der Waals surface area contributed by atoms with Crippen molar-refractivity contribution in [3.8, 4) is 0 Å². The minimum atomic E-state index is -0.998. The van der Waals surface area contributed by atoms with Crippen molar-refractivity contribution in [2.45, 2.75) is 6.54 Å². The molecule has 0 unspecified atom stereocenters. The summed E-state index contributed by atoms with van der Waals surface area (Å²) in [6.07, 6.45) is 3.61. The van der Waals surface area contributed by atoms with Crippen LogP contribution in [0.1, 0.15) is 5.82 Å². The minimum Gasteiger partial charge on any atom is -0.480 e. The SMILES string of the molecule is CN/C=C(\SC)c1nnn(CC(=O)O)n1. The molecule has 0 bridgehead atoms. The fourth-order valence-electron chi connectivity index (χ4n) is 0.876. The molecule has 1 aromatic heterocycles. The highest BCUT2D eigenvalue weighted by Crippen LogP contribution is 2.19. The summed E-state index contributed by atoms with van der Waals surface area (Å²) in [4.78, 5) is 12.2. The zero-order valence-corrected chi connectivity index (χ0v) is 9.15. The Hall–Kier alpha value is -1.57. The molecule has 0 radical (unpaired) electrons. The summed E-state index contributed by atoms with van der Waals surface area (Å²) in [5.41, 5.74) is 0. The molecule has 0 saturated carbocycles. The first-order valence-electron chi connectivity index (χ1n) is 4.08. The molecule has 0 atom stereocenters. The van der Waals surface area contributed by atoms with Gasteiger partial charge < -0.3 is 10.4 Å². The van der Waals surface area contributed by atoms with Crippen molar-refractivity contribution < 1.29 is 9.90 Å². The van der Waals surface area contributed by atoms with E-state index in [0.717, 1.165) is 9.70 Å². The smallest absolute Gasteiger partial charge is 0.327 e. The Bertz CT molecular complexity index is 375. The number of carbonyl (C=O) groups is 1. The molecule has 1 aromatic rings. The van der Waals surface area contributed by atoms with Gasteiger partial charge in [0.05, 0.1) is 4.91 Å². The van der Waals surface area contributed by atoms with Gasteiger partial charge >= 0.3 is 5.97 Å². The number of thioether (sulfide) groups is 1. The molecule has 0 aliphatic heterocycles. The number of aromatic nitrogens is 4. The van der Waals surface area contributed by atoms with Gasteiger partial charge in [0.1, 0.15) is 0 Å². The summed E-state index contributed by atoms with van der Waals surface area (Å²) < 4.78 is 0. The van der Waals surface area contributed by atoms with E-state index in [0.29, 0.717) is 5.82 Å². The number of carboxylic acids is 1. The molecule has 82 valence electrons. The first kappa shape index (κ1) is 11.5. The fraction of sp³-hybridized carbons (Fsp3) is 0.429. The normalized spacial score (nSPS) is 11.5. The highest BCUT2D eigenvalue weighted by atomic mass is 32.2. The van der Waals surface area contributed by atoms with Gasteiger partial charge in [-0.05, 0) is 11.5 Å². The van der Waals surface area contributed by atoms with Gasteiger partial charge in [-0.3, -0.25) is 4.79 Å². The van der Waals surface area contributed by atoms with Crippen LogP contribution in [-0.4, -0.2) is 44.6 Å². The van der Waals surface area contributed by atoms with Crippen LogP contribution >= 0.6 is 11.8 Å². The molecule has 0 spiro atoms. The van der Waals surface area contributed by atoms with Crippen molar-refractivity contribution in [1.82, 2.24) is 25.5 Å². The van der Waals surface area contributed by atoms with Gasteiger partial charge in [0.25, 0.3) is 0 Å². The van der Waals surface area contributed by atoms with E-state index in [9.17, 15) is 4.79 Å². The Labute approximate surface area is 90.5 Å².